The van der Waals surface area contributed by atoms with Crippen LogP contribution in [0, 0.1) is 0 Å². The van der Waals surface area contributed by atoms with Crippen molar-refractivity contribution in [3.8, 4) is 11.1 Å². The van der Waals surface area contributed by atoms with Gasteiger partial charge in [0.25, 0.3) is 5.91 Å². The summed E-state index contributed by atoms with van der Waals surface area (Å²) in [6.45, 7) is -0.186. The van der Waals surface area contributed by atoms with E-state index in [1.807, 2.05) is 12.1 Å². The Hall–Kier alpha value is -4.43. The predicted octanol–water partition coefficient (Wildman–Crippen LogP) is 3.02. The molecule has 1 amide bonds. The molecule has 3 aromatic carbocycles. The van der Waals surface area contributed by atoms with Gasteiger partial charge in [0.1, 0.15) is 5.60 Å². The lowest BCUT2D eigenvalue weighted by atomic mass is 9.85. The molecule has 0 saturated heterocycles. The number of carbonyl (C=O) groups is 2. The smallest absolute Gasteiger partial charge is 0.336 e. The van der Waals surface area contributed by atoms with Gasteiger partial charge in [0, 0.05) is 17.4 Å². The van der Waals surface area contributed by atoms with Crippen LogP contribution in [0.4, 0.5) is 5.69 Å². The number of amides is 1. The first-order valence-corrected chi connectivity index (χ1v) is 10.2. The molecule has 0 spiro atoms. The number of aliphatic hydroxyl groups is 1. The maximum absolute atomic E-state index is 12.8. The number of rotatable bonds is 7. The first-order valence-electron chi connectivity index (χ1n) is 10.2. The van der Waals surface area contributed by atoms with Crippen LogP contribution in [0.1, 0.15) is 31.8 Å². The van der Waals surface area contributed by atoms with Crippen LogP contribution in [0.3, 0.4) is 0 Å². The third kappa shape index (κ3) is 4.46. The van der Waals surface area contributed by atoms with Gasteiger partial charge in [0.2, 0.25) is 0 Å². The second-order valence-electron chi connectivity index (χ2n) is 7.58. The molecule has 6 N–H and O–H groups in total. The number of aromatic nitrogens is 2. The largest absolute Gasteiger partial charge is 0.478 e. The van der Waals surface area contributed by atoms with E-state index in [-0.39, 0.29) is 17.7 Å². The van der Waals surface area contributed by atoms with Gasteiger partial charge >= 0.3 is 5.97 Å². The third-order valence-corrected chi connectivity index (χ3v) is 5.49. The quantitative estimate of drug-likeness (QED) is 0.279. The highest BCUT2D eigenvalue weighted by molar-refractivity contribution is 6.04. The fourth-order valence-electron chi connectivity index (χ4n) is 3.65. The molecule has 0 radical (unpaired) electrons. The predicted molar refractivity (Wildman–Crippen MR) is 124 cm³/mol. The van der Waals surface area contributed by atoms with Gasteiger partial charge in [0.05, 0.1) is 23.9 Å². The van der Waals surface area contributed by atoms with Gasteiger partial charge in [-0.05, 0) is 41.0 Å². The fourth-order valence-corrected chi connectivity index (χ4v) is 3.65. The molecule has 1 heterocycles. The van der Waals surface area contributed by atoms with Crippen molar-refractivity contribution < 1.29 is 19.8 Å². The molecule has 8 heteroatoms. The summed E-state index contributed by atoms with van der Waals surface area (Å²) in [5, 5.41) is 30.5. The van der Waals surface area contributed by atoms with Gasteiger partial charge in [-0.1, -0.05) is 48.5 Å². The number of anilines is 1. The van der Waals surface area contributed by atoms with Crippen LogP contribution in [-0.2, 0) is 5.60 Å². The average molecular weight is 442 g/mol. The zero-order valence-corrected chi connectivity index (χ0v) is 17.5. The van der Waals surface area contributed by atoms with Gasteiger partial charge in [-0.15, -0.1) is 0 Å². The molecule has 1 unspecified atom stereocenters. The lowest BCUT2D eigenvalue weighted by Crippen LogP contribution is -2.42. The number of carboxylic acid groups (broad SMARTS) is 1. The number of nitrogens with two attached hydrogens (primary N) is 1. The van der Waals surface area contributed by atoms with Crippen LogP contribution >= 0.6 is 0 Å². The average Bonchev–Trinajstić information content (AvgIpc) is 3.38. The van der Waals surface area contributed by atoms with Crippen LogP contribution in [0.5, 0.6) is 0 Å². The minimum absolute atomic E-state index is 0.0139. The summed E-state index contributed by atoms with van der Waals surface area (Å²) in [6.07, 6.45) is 3.46. The van der Waals surface area contributed by atoms with Gasteiger partial charge < -0.3 is 21.3 Å². The molecule has 33 heavy (non-hydrogen) atoms. The van der Waals surface area contributed by atoms with E-state index in [9.17, 15) is 19.8 Å². The highest BCUT2D eigenvalue weighted by Gasteiger charge is 2.33. The molecule has 8 nitrogen and oxygen atoms in total. The molecule has 4 rings (SSSR count). The number of benzene rings is 3. The van der Waals surface area contributed by atoms with Crippen molar-refractivity contribution in [3.05, 3.63) is 107 Å². The van der Waals surface area contributed by atoms with E-state index in [1.165, 1.54) is 12.1 Å². The minimum atomic E-state index is -1.59. The highest BCUT2D eigenvalue weighted by atomic mass is 16.4. The number of nitrogens with zero attached hydrogens (tertiary/aromatic N) is 1. The third-order valence-electron chi connectivity index (χ3n) is 5.49. The molecule has 0 aliphatic rings. The van der Waals surface area contributed by atoms with Crippen LogP contribution in [0.2, 0.25) is 0 Å². The number of aromatic amines is 1. The summed E-state index contributed by atoms with van der Waals surface area (Å²) in [6, 6.07) is 19.9. The normalized spacial score (nSPS) is 12.6. The fraction of sp³-hybridized carbons (Fsp3) is 0.0800. The summed E-state index contributed by atoms with van der Waals surface area (Å²) in [5.41, 5.74) is 7.54. The maximum atomic E-state index is 12.8. The Kier molecular flexibility index (Phi) is 5.93. The van der Waals surface area contributed by atoms with Crippen molar-refractivity contribution in [2.45, 2.75) is 5.60 Å². The van der Waals surface area contributed by atoms with Gasteiger partial charge in [-0.2, -0.15) is 5.10 Å². The van der Waals surface area contributed by atoms with Crippen LogP contribution < -0.4 is 11.1 Å². The summed E-state index contributed by atoms with van der Waals surface area (Å²) in [7, 11) is 0. The van der Waals surface area contributed by atoms with Gasteiger partial charge in [0.15, 0.2) is 0 Å². The second-order valence-corrected chi connectivity index (χ2v) is 7.58. The zero-order valence-electron chi connectivity index (χ0n) is 17.5. The lowest BCUT2D eigenvalue weighted by Gasteiger charge is -2.30. The Bertz CT molecular complexity index is 1270. The number of nitrogen functional groups attached to an aromatic ring is 1. The van der Waals surface area contributed by atoms with E-state index in [2.05, 4.69) is 15.5 Å². The Balaban J connectivity index is 1.66. The van der Waals surface area contributed by atoms with Crippen molar-refractivity contribution in [1.29, 1.82) is 0 Å². The monoisotopic (exact) mass is 442 g/mol. The van der Waals surface area contributed by atoms with Crippen molar-refractivity contribution in [2.24, 2.45) is 0 Å². The van der Waals surface area contributed by atoms with Crippen molar-refractivity contribution in [3.63, 3.8) is 0 Å². The van der Waals surface area contributed by atoms with Crippen LogP contribution in [-0.4, -0.2) is 38.8 Å². The molecule has 4 aromatic rings. The number of hydrogen-bond donors (Lipinski definition) is 5. The zero-order chi connectivity index (χ0) is 23.4. The maximum Gasteiger partial charge on any atom is 0.336 e. The van der Waals surface area contributed by atoms with E-state index in [1.54, 1.807) is 60.9 Å². The van der Waals surface area contributed by atoms with Gasteiger partial charge in [-0.25, -0.2) is 4.79 Å². The molecule has 0 aliphatic carbocycles. The molecular weight excluding hydrogens is 420 g/mol. The first-order chi connectivity index (χ1) is 15.9. The summed E-state index contributed by atoms with van der Waals surface area (Å²) >= 11 is 0. The Morgan fingerprint density at radius 1 is 0.909 bits per heavy atom. The summed E-state index contributed by atoms with van der Waals surface area (Å²) < 4.78 is 0. The number of aromatic carboxylic acids is 1. The number of hydrogen-bond acceptors (Lipinski definition) is 5. The lowest BCUT2D eigenvalue weighted by molar-refractivity contribution is 0.0672. The molecule has 166 valence electrons. The van der Waals surface area contributed by atoms with Crippen molar-refractivity contribution >= 4 is 17.6 Å². The van der Waals surface area contributed by atoms with E-state index < -0.39 is 17.5 Å². The van der Waals surface area contributed by atoms with E-state index >= 15 is 0 Å². The Morgan fingerprint density at radius 2 is 1.52 bits per heavy atom. The molecular formula is C25H22N4O4. The van der Waals surface area contributed by atoms with E-state index in [4.69, 9.17) is 5.73 Å². The van der Waals surface area contributed by atoms with Crippen molar-refractivity contribution in [1.82, 2.24) is 15.5 Å². The number of carbonyl (C=O) groups excluding carboxylic acids is 1. The highest BCUT2D eigenvalue weighted by Crippen LogP contribution is 2.31. The molecule has 0 bridgehead atoms. The standard InChI is InChI=1S/C25H22N4O4/c26-20-11-9-19(10-12-20)25(33,18-7-5-16(6-8-18)17-13-28-29-14-17)15-27-23(30)21-3-1-2-4-22(21)24(31)32/h1-14,33H,15,26H2,(H,27,30)(H,28,29)(H,31,32). The number of H-pyrrole nitrogens is 1. The summed E-state index contributed by atoms with van der Waals surface area (Å²) in [4.78, 5) is 24.3. The minimum Gasteiger partial charge on any atom is -0.478 e. The number of nitrogens with one attached hydrogen (secondary N) is 2. The molecule has 0 saturated carbocycles. The van der Waals surface area contributed by atoms with Crippen LogP contribution in [0.15, 0.2) is 85.2 Å². The first kappa shape index (κ1) is 21.8. The summed E-state index contributed by atoms with van der Waals surface area (Å²) in [5.74, 6) is -1.80. The van der Waals surface area contributed by atoms with Crippen LogP contribution in [0.25, 0.3) is 11.1 Å². The second kappa shape index (κ2) is 8.97. The Morgan fingerprint density at radius 3 is 2.09 bits per heavy atom. The molecule has 1 atom stereocenters. The topological polar surface area (TPSA) is 141 Å². The van der Waals surface area contributed by atoms with E-state index in [0.29, 0.717) is 16.8 Å². The molecule has 0 aliphatic heterocycles. The Labute approximate surface area is 189 Å². The molecule has 1 aromatic heterocycles. The SMILES string of the molecule is Nc1ccc(C(O)(CNC(=O)c2ccccc2C(=O)O)c2ccc(-c3cn[nH]c3)cc2)cc1. The van der Waals surface area contributed by atoms with Gasteiger partial charge in [-0.3, -0.25) is 9.89 Å². The molecule has 0 fully saturated rings. The van der Waals surface area contributed by atoms with E-state index in [0.717, 1.165) is 11.1 Å². The van der Waals surface area contributed by atoms with Crippen molar-refractivity contribution in [2.75, 3.05) is 12.3 Å². The number of carboxylic acids is 1.